The fourth-order valence-corrected chi connectivity index (χ4v) is 2.37. The van der Waals surface area contributed by atoms with Crippen LogP contribution >= 0.6 is 15.9 Å². The van der Waals surface area contributed by atoms with Crippen molar-refractivity contribution in [2.24, 2.45) is 0 Å². The van der Waals surface area contributed by atoms with Crippen LogP contribution in [0.15, 0.2) is 28.7 Å². The van der Waals surface area contributed by atoms with Crippen LogP contribution in [0.2, 0.25) is 0 Å². The van der Waals surface area contributed by atoms with Gasteiger partial charge in [0.15, 0.2) is 0 Å². The van der Waals surface area contributed by atoms with Crippen molar-refractivity contribution < 1.29 is 0 Å². The minimum absolute atomic E-state index is 0.824. The molecule has 0 spiro atoms. The number of hydrogen-bond donors (Lipinski definition) is 1. The molecule has 1 aromatic heterocycles. The second-order valence-corrected chi connectivity index (χ2v) is 5.61. The summed E-state index contributed by atoms with van der Waals surface area (Å²) in [5.41, 5.74) is 4.87. The molecule has 1 heterocycles. The van der Waals surface area contributed by atoms with Crippen LogP contribution in [0.5, 0.6) is 0 Å². The van der Waals surface area contributed by atoms with Gasteiger partial charge in [-0.05, 0) is 60.9 Å². The number of nitrogens with zero attached hydrogens (tertiary/aromatic N) is 2. The molecule has 0 radical (unpaired) electrons. The van der Waals surface area contributed by atoms with E-state index < -0.39 is 0 Å². The summed E-state index contributed by atoms with van der Waals surface area (Å²) < 4.78 is 3.15. The minimum Gasteiger partial charge on any atom is -0.319 e. The second-order valence-electron chi connectivity index (χ2n) is 4.81. The van der Waals surface area contributed by atoms with Crippen molar-refractivity contribution in [1.29, 1.82) is 0 Å². The topological polar surface area (TPSA) is 29.9 Å². The minimum atomic E-state index is 0.824. The predicted octanol–water partition coefficient (Wildman–Crippen LogP) is 3.07. The highest BCUT2D eigenvalue weighted by molar-refractivity contribution is 9.10. The fraction of sp³-hybridized carbons (Fsp3) is 0.400. The Hall–Kier alpha value is -1.13. The number of aromatic nitrogens is 2. The molecule has 2 aromatic rings. The summed E-state index contributed by atoms with van der Waals surface area (Å²) in [6, 6.07) is 8.78. The highest BCUT2D eigenvalue weighted by Crippen LogP contribution is 2.20. The number of rotatable bonds is 5. The van der Waals surface area contributed by atoms with E-state index in [1.807, 2.05) is 18.7 Å². The maximum absolute atomic E-state index is 4.54. The zero-order valence-corrected chi connectivity index (χ0v) is 13.3. The molecule has 0 unspecified atom stereocenters. The first-order valence-electron chi connectivity index (χ1n) is 6.53. The largest absolute Gasteiger partial charge is 0.319 e. The molecule has 0 saturated carbocycles. The Morgan fingerprint density at radius 3 is 2.32 bits per heavy atom. The van der Waals surface area contributed by atoms with Crippen LogP contribution in [0.25, 0.3) is 0 Å². The number of likely N-dealkylation sites (N-methyl/N-ethyl adjacent to an activating group) is 1. The van der Waals surface area contributed by atoms with Crippen molar-refractivity contribution in [3.63, 3.8) is 0 Å². The number of nitrogens with one attached hydrogen (secondary N) is 1. The highest BCUT2D eigenvalue weighted by Gasteiger charge is 2.08. The molecule has 2 rings (SSSR count). The molecule has 0 fully saturated rings. The van der Waals surface area contributed by atoms with Gasteiger partial charge in [-0.15, -0.1) is 0 Å². The molecule has 0 atom stereocenters. The quantitative estimate of drug-likeness (QED) is 0.917. The maximum Gasteiger partial charge on any atom is 0.0738 e. The molecule has 4 heteroatoms. The first-order chi connectivity index (χ1) is 9.11. The SMILES string of the molecule is CNCCc1ccc(Cn2nc(C)c(Br)c2C)cc1. The van der Waals surface area contributed by atoms with Gasteiger partial charge in [-0.25, -0.2) is 0 Å². The molecule has 102 valence electrons. The van der Waals surface area contributed by atoms with E-state index in [0.29, 0.717) is 0 Å². The molecular formula is C15H20BrN3. The molecule has 0 aliphatic heterocycles. The van der Waals surface area contributed by atoms with Crippen molar-refractivity contribution in [3.8, 4) is 0 Å². The molecule has 19 heavy (non-hydrogen) atoms. The number of halogens is 1. The Kier molecular flexibility index (Phi) is 4.77. The van der Waals surface area contributed by atoms with E-state index in [1.54, 1.807) is 0 Å². The third-order valence-electron chi connectivity index (χ3n) is 3.31. The zero-order valence-electron chi connectivity index (χ0n) is 11.7. The lowest BCUT2D eigenvalue weighted by Gasteiger charge is -2.06. The first kappa shape index (κ1) is 14.3. The second kappa shape index (κ2) is 6.35. The summed E-state index contributed by atoms with van der Waals surface area (Å²) in [7, 11) is 1.98. The van der Waals surface area contributed by atoms with Gasteiger partial charge in [-0.3, -0.25) is 4.68 Å². The molecule has 1 aromatic carbocycles. The Labute approximate surface area is 123 Å². The number of benzene rings is 1. The van der Waals surface area contributed by atoms with E-state index in [2.05, 4.69) is 57.5 Å². The van der Waals surface area contributed by atoms with Crippen molar-refractivity contribution in [2.45, 2.75) is 26.8 Å². The van der Waals surface area contributed by atoms with Gasteiger partial charge in [0.25, 0.3) is 0 Å². The summed E-state index contributed by atoms with van der Waals surface area (Å²) >= 11 is 3.56. The maximum atomic E-state index is 4.54. The average Bonchev–Trinajstić information content (AvgIpc) is 2.66. The monoisotopic (exact) mass is 321 g/mol. The Morgan fingerprint density at radius 1 is 1.16 bits per heavy atom. The zero-order chi connectivity index (χ0) is 13.8. The van der Waals surface area contributed by atoms with E-state index >= 15 is 0 Å². The van der Waals surface area contributed by atoms with Gasteiger partial charge in [0.1, 0.15) is 0 Å². The third kappa shape index (κ3) is 3.45. The van der Waals surface area contributed by atoms with Gasteiger partial charge in [-0.2, -0.15) is 5.10 Å². The van der Waals surface area contributed by atoms with Crippen LogP contribution < -0.4 is 5.32 Å². The van der Waals surface area contributed by atoms with Crippen LogP contribution in [0.4, 0.5) is 0 Å². The standard InChI is InChI=1S/C15H20BrN3/c1-11-15(16)12(2)19(18-11)10-14-6-4-13(5-7-14)8-9-17-3/h4-7,17H,8-10H2,1-3H3. The van der Waals surface area contributed by atoms with Gasteiger partial charge >= 0.3 is 0 Å². The van der Waals surface area contributed by atoms with Crippen molar-refractivity contribution >= 4 is 15.9 Å². The molecule has 1 N–H and O–H groups in total. The third-order valence-corrected chi connectivity index (χ3v) is 4.46. The van der Waals surface area contributed by atoms with E-state index in [1.165, 1.54) is 16.8 Å². The summed E-state index contributed by atoms with van der Waals surface area (Å²) in [6.07, 6.45) is 1.07. The Balaban J connectivity index is 2.08. The molecule has 0 bridgehead atoms. The van der Waals surface area contributed by atoms with Crippen molar-refractivity contribution in [3.05, 3.63) is 51.3 Å². The van der Waals surface area contributed by atoms with Crippen LogP contribution in [0.1, 0.15) is 22.5 Å². The van der Waals surface area contributed by atoms with Gasteiger partial charge in [0.05, 0.1) is 22.4 Å². The lowest BCUT2D eigenvalue weighted by atomic mass is 10.1. The molecule has 0 aliphatic rings. The van der Waals surface area contributed by atoms with E-state index in [-0.39, 0.29) is 0 Å². The van der Waals surface area contributed by atoms with Crippen LogP contribution in [0.3, 0.4) is 0 Å². The summed E-state index contributed by atoms with van der Waals surface area (Å²) in [5.74, 6) is 0. The van der Waals surface area contributed by atoms with Crippen molar-refractivity contribution in [1.82, 2.24) is 15.1 Å². The van der Waals surface area contributed by atoms with E-state index in [0.717, 1.165) is 29.7 Å². The van der Waals surface area contributed by atoms with Crippen LogP contribution in [-0.4, -0.2) is 23.4 Å². The van der Waals surface area contributed by atoms with Crippen molar-refractivity contribution in [2.75, 3.05) is 13.6 Å². The predicted molar refractivity (Wildman–Crippen MR) is 82.6 cm³/mol. The Morgan fingerprint density at radius 2 is 1.79 bits per heavy atom. The molecule has 3 nitrogen and oxygen atoms in total. The number of aryl methyl sites for hydroxylation is 1. The van der Waals surface area contributed by atoms with E-state index in [4.69, 9.17) is 0 Å². The number of hydrogen-bond acceptors (Lipinski definition) is 2. The van der Waals surface area contributed by atoms with Gasteiger partial charge in [0, 0.05) is 0 Å². The van der Waals surface area contributed by atoms with Crippen LogP contribution in [0, 0.1) is 13.8 Å². The summed E-state index contributed by atoms with van der Waals surface area (Å²) in [5, 5.41) is 7.70. The normalized spacial score (nSPS) is 10.9. The lowest BCUT2D eigenvalue weighted by molar-refractivity contribution is 0.658. The summed E-state index contributed by atoms with van der Waals surface area (Å²) in [4.78, 5) is 0. The van der Waals surface area contributed by atoms with Gasteiger partial charge in [-0.1, -0.05) is 24.3 Å². The highest BCUT2D eigenvalue weighted by atomic mass is 79.9. The van der Waals surface area contributed by atoms with Gasteiger partial charge < -0.3 is 5.32 Å². The first-order valence-corrected chi connectivity index (χ1v) is 7.33. The average molecular weight is 322 g/mol. The lowest BCUT2D eigenvalue weighted by Crippen LogP contribution is -2.10. The van der Waals surface area contributed by atoms with E-state index in [9.17, 15) is 0 Å². The van der Waals surface area contributed by atoms with Gasteiger partial charge in [0.2, 0.25) is 0 Å². The van der Waals surface area contributed by atoms with Crippen LogP contribution in [-0.2, 0) is 13.0 Å². The smallest absolute Gasteiger partial charge is 0.0738 e. The molecule has 0 saturated heterocycles. The summed E-state index contributed by atoms with van der Waals surface area (Å²) in [6.45, 7) is 5.95. The molecule has 0 aliphatic carbocycles. The molecular weight excluding hydrogens is 302 g/mol. The molecule has 0 amide bonds. The Bertz CT molecular complexity index is 543. The fourth-order valence-electron chi connectivity index (χ4n) is 2.08.